The highest BCUT2D eigenvalue weighted by Gasteiger charge is 2.31. The van der Waals surface area contributed by atoms with Crippen LogP contribution in [0.3, 0.4) is 0 Å². The second-order valence-electron chi connectivity index (χ2n) is 5.61. The number of rotatable bonds is 4. The molecule has 1 aromatic carbocycles. The number of carbonyl (C=O) groups is 2. The summed E-state index contributed by atoms with van der Waals surface area (Å²) in [5.41, 5.74) is 3.49. The van der Waals surface area contributed by atoms with Crippen molar-refractivity contribution in [3.63, 3.8) is 0 Å². The van der Waals surface area contributed by atoms with E-state index >= 15 is 0 Å². The lowest BCUT2D eigenvalue weighted by atomic mass is 9.95. The maximum Gasteiger partial charge on any atom is 0.265 e. The Hall–Kier alpha value is -1.88. The highest BCUT2D eigenvalue weighted by molar-refractivity contribution is 5.95. The normalized spacial score (nSPS) is 18.7. The van der Waals surface area contributed by atoms with Gasteiger partial charge in [0.25, 0.3) is 5.91 Å². The SMILES string of the molecule is CC(C)C1CC(=O)N(Cc2ccccc2C(=O)NN)C1. The minimum atomic E-state index is -0.326. The summed E-state index contributed by atoms with van der Waals surface area (Å²) in [7, 11) is 0. The van der Waals surface area contributed by atoms with Crippen LogP contribution in [0.25, 0.3) is 0 Å². The minimum absolute atomic E-state index is 0.159. The summed E-state index contributed by atoms with van der Waals surface area (Å²) in [5, 5.41) is 0. The van der Waals surface area contributed by atoms with E-state index in [-0.39, 0.29) is 11.8 Å². The van der Waals surface area contributed by atoms with E-state index in [4.69, 9.17) is 5.84 Å². The smallest absolute Gasteiger partial charge is 0.265 e. The number of nitrogen functional groups attached to an aromatic ring is 1. The van der Waals surface area contributed by atoms with Crippen LogP contribution in [-0.4, -0.2) is 23.3 Å². The molecule has 1 aromatic rings. The Bertz CT molecular complexity index is 514. The predicted molar refractivity (Wildman–Crippen MR) is 76.5 cm³/mol. The molecule has 1 aliphatic heterocycles. The van der Waals surface area contributed by atoms with Crippen molar-refractivity contribution < 1.29 is 9.59 Å². The molecule has 2 rings (SSSR count). The fraction of sp³-hybridized carbons (Fsp3) is 0.467. The maximum atomic E-state index is 12.0. The van der Waals surface area contributed by atoms with Gasteiger partial charge in [0.1, 0.15) is 0 Å². The number of nitrogens with two attached hydrogens (primary N) is 1. The molecule has 1 atom stereocenters. The van der Waals surface area contributed by atoms with E-state index in [2.05, 4.69) is 19.3 Å². The summed E-state index contributed by atoms with van der Waals surface area (Å²) in [6, 6.07) is 7.23. The molecule has 1 unspecified atom stereocenters. The molecule has 1 saturated heterocycles. The summed E-state index contributed by atoms with van der Waals surface area (Å²) in [6.07, 6.45) is 0.600. The zero-order valence-corrected chi connectivity index (χ0v) is 11.9. The summed E-state index contributed by atoms with van der Waals surface area (Å²) < 4.78 is 0. The van der Waals surface area contributed by atoms with Crippen molar-refractivity contribution in [2.24, 2.45) is 17.7 Å². The van der Waals surface area contributed by atoms with Gasteiger partial charge in [0.05, 0.1) is 0 Å². The van der Waals surface area contributed by atoms with E-state index in [1.807, 2.05) is 17.0 Å². The van der Waals surface area contributed by atoms with Gasteiger partial charge < -0.3 is 4.90 Å². The Balaban J connectivity index is 2.15. The topological polar surface area (TPSA) is 75.4 Å². The molecule has 20 heavy (non-hydrogen) atoms. The molecular formula is C15H21N3O2. The van der Waals surface area contributed by atoms with Crippen LogP contribution in [0.2, 0.25) is 0 Å². The summed E-state index contributed by atoms with van der Waals surface area (Å²) in [4.78, 5) is 25.6. The van der Waals surface area contributed by atoms with E-state index in [0.717, 1.165) is 12.1 Å². The number of hydrogen-bond acceptors (Lipinski definition) is 3. The third kappa shape index (κ3) is 2.99. The zero-order valence-electron chi connectivity index (χ0n) is 11.9. The molecule has 1 heterocycles. The van der Waals surface area contributed by atoms with Crippen LogP contribution in [0.5, 0.6) is 0 Å². The molecule has 108 valence electrons. The molecule has 0 spiro atoms. The number of hydrogen-bond donors (Lipinski definition) is 2. The maximum absolute atomic E-state index is 12.0. The lowest BCUT2D eigenvalue weighted by Crippen LogP contribution is -2.32. The van der Waals surface area contributed by atoms with E-state index < -0.39 is 0 Å². The summed E-state index contributed by atoms with van der Waals surface area (Å²) in [6.45, 7) is 5.50. The molecule has 1 aliphatic rings. The van der Waals surface area contributed by atoms with Gasteiger partial charge in [-0.2, -0.15) is 0 Å². The third-order valence-corrected chi connectivity index (χ3v) is 3.94. The number of amides is 2. The van der Waals surface area contributed by atoms with Crippen LogP contribution in [0.4, 0.5) is 0 Å². The standard InChI is InChI=1S/C15H21N3O2/c1-10(2)12-7-14(19)18(9-12)8-11-5-3-4-6-13(11)15(20)17-16/h3-6,10,12H,7-9,16H2,1-2H3,(H,17,20). The first-order chi connectivity index (χ1) is 9.52. The average molecular weight is 275 g/mol. The third-order valence-electron chi connectivity index (χ3n) is 3.94. The highest BCUT2D eigenvalue weighted by atomic mass is 16.2. The number of hydrazine groups is 1. The predicted octanol–water partition coefficient (Wildman–Crippen LogP) is 1.29. The van der Waals surface area contributed by atoms with Gasteiger partial charge >= 0.3 is 0 Å². The number of nitrogens with zero attached hydrogens (tertiary/aromatic N) is 1. The van der Waals surface area contributed by atoms with Crippen molar-refractivity contribution >= 4 is 11.8 Å². The largest absolute Gasteiger partial charge is 0.338 e. The second kappa shape index (κ2) is 6.05. The van der Waals surface area contributed by atoms with E-state index in [1.54, 1.807) is 12.1 Å². The van der Waals surface area contributed by atoms with Gasteiger partial charge in [-0.1, -0.05) is 32.0 Å². The molecule has 0 radical (unpaired) electrons. The summed E-state index contributed by atoms with van der Waals surface area (Å²) >= 11 is 0. The second-order valence-corrected chi connectivity index (χ2v) is 5.61. The van der Waals surface area contributed by atoms with Crippen molar-refractivity contribution in [3.8, 4) is 0 Å². The number of carbonyl (C=O) groups excluding carboxylic acids is 2. The van der Waals surface area contributed by atoms with Gasteiger partial charge in [-0.15, -0.1) is 0 Å². The Morgan fingerprint density at radius 2 is 2.15 bits per heavy atom. The number of benzene rings is 1. The van der Waals surface area contributed by atoms with Crippen molar-refractivity contribution in [3.05, 3.63) is 35.4 Å². The Labute approximate surface area is 119 Å². The van der Waals surface area contributed by atoms with Gasteiger partial charge in [0, 0.05) is 25.1 Å². The van der Waals surface area contributed by atoms with E-state index in [0.29, 0.717) is 30.4 Å². The molecule has 0 saturated carbocycles. The fourth-order valence-electron chi connectivity index (χ4n) is 2.57. The summed E-state index contributed by atoms with van der Waals surface area (Å²) in [5.74, 6) is 5.92. The number of likely N-dealkylation sites (tertiary alicyclic amines) is 1. The quantitative estimate of drug-likeness (QED) is 0.494. The fourth-order valence-corrected chi connectivity index (χ4v) is 2.57. The van der Waals surface area contributed by atoms with Crippen molar-refractivity contribution in [1.29, 1.82) is 0 Å². The Morgan fingerprint density at radius 3 is 2.75 bits per heavy atom. The van der Waals surface area contributed by atoms with Crippen molar-refractivity contribution in [2.75, 3.05) is 6.54 Å². The van der Waals surface area contributed by atoms with E-state index in [9.17, 15) is 9.59 Å². The van der Waals surface area contributed by atoms with Crippen molar-refractivity contribution in [1.82, 2.24) is 10.3 Å². The van der Waals surface area contributed by atoms with Gasteiger partial charge in [0.2, 0.25) is 5.91 Å². The van der Waals surface area contributed by atoms with Crippen molar-refractivity contribution in [2.45, 2.75) is 26.8 Å². The first kappa shape index (κ1) is 14.5. The highest BCUT2D eigenvalue weighted by Crippen LogP contribution is 2.26. The molecule has 5 heteroatoms. The lowest BCUT2D eigenvalue weighted by Gasteiger charge is -2.19. The molecule has 5 nitrogen and oxygen atoms in total. The molecule has 0 aromatic heterocycles. The molecular weight excluding hydrogens is 254 g/mol. The van der Waals surface area contributed by atoms with Gasteiger partial charge in [-0.05, 0) is 23.5 Å². The van der Waals surface area contributed by atoms with Crippen LogP contribution < -0.4 is 11.3 Å². The molecule has 0 bridgehead atoms. The average Bonchev–Trinajstić information content (AvgIpc) is 2.80. The molecule has 2 amide bonds. The first-order valence-electron chi connectivity index (χ1n) is 6.89. The van der Waals surface area contributed by atoms with Crippen LogP contribution in [0.15, 0.2) is 24.3 Å². The molecule has 0 aliphatic carbocycles. The molecule has 3 N–H and O–H groups in total. The van der Waals surface area contributed by atoms with Crippen LogP contribution >= 0.6 is 0 Å². The lowest BCUT2D eigenvalue weighted by molar-refractivity contribution is -0.128. The Morgan fingerprint density at radius 1 is 1.45 bits per heavy atom. The first-order valence-corrected chi connectivity index (χ1v) is 6.89. The minimum Gasteiger partial charge on any atom is -0.338 e. The number of nitrogens with one attached hydrogen (secondary N) is 1. The van der Waals surface area contributed by atoms with Gasteiger partial charge in [0.15, 0.2) is 0 Å². The van der Waals surface area contributed by atoms with E-state index in [1.165, 1.54) is 0 Å². The van der Waals surface area contributed by atoms with Crippen LogP contribution in [0.1, 0.15) is 36.2 Å². The van der Waals surface area contributed by atoms with Gasteiger partial charge in [-0.3, -0.25) is 15.0 Å². The van der Waals surface area contributed by atoms with Gasteiger partial charge in [-0.25, -0.2) is 5.84 Å². The van der Waals surface area contributed by atoms with Crippen LogP contribution in [-0.2, 0) is 11.3 Å². The molecule has 1 fully saturated rings. The monoisotopic (exact) mass is 275 g/mol. The van der Waals surface area contributed by atoms with Crippen LogP contribution in [0, 0.1) is 11.8 Å². The zero-order chi connectivity index (χ0) is 14.7. The Kier molecular flexibility index (Phi) is 4.39.